The first-order valence-corrected chi connectivity index (χ1v) is 16.0. The normalized spacial score (nSPS) is 16.8. The number of carboxylic acid groups (broad SMARTS) is 1. The molecule has 3 atom stereocenters. The topological polar surface area (TPSA) is 123 Å². The van der Waals surface area contributed by atoms with Crippen molar-refractivity contribution in [3.05, 3.63) is 131 Å². The number of para-hydroxylation sites is 1. The van der Waals surface area contributed by atoms with Crippen LogP contribution in [0.25, 0.3) is 0 Å². The van der Waals surface area contributed by atoms with Crippen LogP contribution in [-0.4, -0.2) is 54.2 Å². The highest BCUT2D eigenvalue weighted by molar-refractivity contribution is 7.99. The van der Waals surface area contributed by atoms with Crippen molar-refractivity contribution < 1.29 is 19.4 Å². The SMILES string of the molecule is N#Cc1ccc(SC[C@@H]2CNC[C@@H](CCc3ccccc3NC(=O)C(NC(=O)O)C(c3ccccc3)c3ccccc3)O2)cc1. The highest BCUT2D eigenvalue weighted by Gasteiger charge is 2.33. The summed E-state index contributed by atoms with van der Waals surface area (Å²) in [5.41, 5.74) is 3.91. The molecule has 1 saturated heterocycles. The largest absolute Gasteiger partial charge is 0.465 e. The van der Waals surface area contributed by atoms with E-state index < -0.39 is 24.0 Å². The highest BCUT2D eigenvalue weighted by atomic mass is 32.2. The lowest BCUT2D eigenvalue weighted by Crippen LogP contribution is -2.47. The molecule has 0 spiro atoms. The van der Waals surface area contributed by atoms with Gasteiger partial charge in [0.25, 0.3) is 0 Å². The van der Waals surface area contributed by atoms with E-state index >= 15 is 0 Å². The van der Waals surface area contributed by atoms with Crippen molar-refractivity contribution in [3.63, 3.8) is 0 Å². The summed E-state index contributed by atoms with van der Waals surface area (Å²) < 4.78 is 6.41. The number of benzene rings is 4. The first kappa shape index (κ1) is 31.8. The van der Waals surface area contributed by atoms with E-state index in [-0.39, 0.29) is 12.2 Å². The fraction of sp³-hybridized carbons (Fsp3) is 0.250. The van der Waals surface area contributed by atoms with E-state index in [0.29, 0.717) is 17.7 Å². The van der Waals surface area contributed by atoms with Crippen LogP contribution in [0.5, 0.6) is 0 Å². The molecule has 4 aromatic carbocycles. The van der Waals surface area contributed by atoms with Crippen molar-refractivity contribution in [2.45, 2.75) is 41.9 Å². The number of morpholine rings is 1. The number of carbonyl (C=O) groups excluding carboxylic acids is 1. The number of carbonyl (C=O) groups is 2. The lowest BCUT2D eigenvalue weighted by atomic mass is 9.84. The van der Waals surface area contributed by atoms with Crippen LogP contribution in [0.1, 0.15) is 34.6 Å². The van der Waals surface area contributed by atoms with Crippen molar-refractivity contribution in [1.29, 1.82) is 5.26 Å². The van der Waals surface area contributed by atoms with E-state index in [9.17, 15) is 14.7 Å². The molecular weight excluding hydrogens is 584 g/mol. The van der Waals surface area contributed by atoms with Crippen molar-refractivity contribution in [3.8, 4) is 6.07 Å². The lowest BCUT2D eigenvalue weighted by Gasteiger charge is -2.31. The molecule has 1 fully saturated rings. The minimum Gasteiger partial charge on any atom is -0.465 e. The third-order valence-electron chi connectivity index (χ3n) is 7.77. The van der Waals surface area contributed by atoms with Gasteiger partial charge < -0.3 is 25.8 Å². The van der Waals surface area contributed by atoms with Crippen LogP contribution in [0.2, 0.25) is 0 Å². The van der Waals surface area contributed by atoms with Gasteiger partial charge in [-0.2, -0.15) is 5.26 Å². The number of nitriles is 1. The van der Waals surface area contributed by atoms with Crippen LogP contribution in [0.4, 0.5) is 10.5 Å². The summed E-state index contributed by atoms with van der Waals surface area (Å²) in [6.45, 7) is 1.52. The zero-order valence-electron chi connectivity index (χ0n) is 24.8. The van der Waals surface area contributed by atoms with Gasteiger partial charge in [0.15, 0.2) is 0 Å². The molecule has 45 heavy (non-hydrogen) atoms. The van der Waals surface area contributed by atoms with Gasteiger partial charge in [0, 0.05) is 35.3 Å². The number of amides is 2. The standard InChI is InChI=1S/C36H36N4O4S/c37-21-25-15-19-31(20-16-25)45-24-30-23-38-22-29(44-30)18-17-26-9-7-8-14-32(26)39-35(41)34(40-36(42)43)33(27-10-3-1-4-11-27)28-12-5-2-6-13-28/h1-16,19-20,29-30,33-34,38,40H,17-18,22-24H2,(H,39,41)(H,42,43)/t29-,30+,34?/m1/s1. The van der Waals surface area contributed by atoms with Gasteiger partial charge in [0.2, 0.25) is 5.91 Å². The molecule has 4 aromatic rings. The third kappa shape index (κ3) is 8.96. The molecule has 1 aliphatic heterocycles. The molecule has 8 nitrogen and oxygen atoms in total. The predicted octanol–water partition coefficient (Wildman–Crippen LogP) is 6.05. The summed E-state index contributed by atoms with van der Waals surface area (Å²) in [7, 11) is 0. The van der Waals surface area contributed by atoms with Crippen LogP contribution < -0.4 is 16.0 Å². The number of hydrogen-bond acceptors (Lipinski definition) is 6. The summed E-state index contributed by atoms with van der Waals surface area (Å²) in [5.74, 6) is -0.168. The fourth-order valence-electron chi connectivity index (χ4n) is 5.58. The molecule has 9 heteroatoms. The molecule has 4 N–H and O–H groups in total. The molecule has 1 aliphatic rings. The lowest BCUT2D eigenvalue weighted by molar-refractivity contribution is -0.118. The molecular formula is C36H36N4O4S. The molecule has 0 aromatic heterocycles. The summed E-state index contributed by atoms with van der Waals surface area (Å²) >= 11 is 1.71. The number of hydrogen-bond donors (Lipinski definition) is 4. The first-order chi connectivity index (χ1) is 22.0. The number of aryl methyl sites for hydroxylation is 1. The Kier molecular flexibility index (Phi) is 11.2. The second-order valence-corrected chi connectivity index (χ2v) is 12.0. The molecule has 0 bridgehead atoms. The average Bonchev–Trinajstić information content (AvgIpc) is 3.08. The van der Waals surface area contributed by atoms with Gasteiger partial charge in [0.05, 0.1) is 23.8 Å². The molecule has 2 amide bonds. The Bertz CT molecular complexity index is 1560. The van der Waals surface area contributed by atoms with E-state index in [2.05, 4.69) is 22.0 Å². The molecule has 0 radical (unpaired) electrons. The summed E-state index contributed by atoms with van der Waals surface area (Å²) in [6.07, 6.45) is 0.224. The zero-order chi connectivity index (χ0) is 31.4. The number of nitrogens with one attached hydrogen (secondary N) is 3. The Balaban J connectivity index is 1.25. The van der Waals surface area contributed by atoms with Gasteiger partial charge in [-0.05, 0) is 59.9 Å². The van der Waals surface area contributed by atoms with Crippen molar-refractivity contribution in [2.24, 2.45) is 0 Å². The maximum absolute atomic E-state index is 13.9. The summed E-state index contributed by atoms with van der Waals surface area (Å²) in [6, 6.07) is 35.2. The molecule has 5 rings (SSSR count). The van der Waals surface area contributed by atoms with Crippen LogP contribution in [0, 0.1) is 11.3 Å². The van der Waals surface area contributed by atoms with Crippen molar-refractivity contribution >= 4 is 29.4 Å². The number of ether oxygens (including phenoxy) is 1. The Morgan fingerprint density at radius 1 is 0.889 bits per heavy atom. The van der Waals surface area contributed by atoms with E-state index in [1.54, 1.807) is 11.8 Å². The second-order valence-electron chi connectivity index (χ2n) is 10.9. The highest BCUT2D eigenvalue weighted by Crippen LogP contribution is 2.30. The van der Waals surface area contributed by atoms with E-state index in [4.69, 9.17) is 10.00 Å². The van der Waals surface area contributed by atoms with Crippen LogP contribution in [0.15, 0.2) is 114 Å². The minimum absolute atomic E-state index is 0.0102. The first-order valence-electron chi connectivity index (χ1n) is 15.0. The Hall–Kier alpha value is -4.62. The van der Waals surface area contributed by atoms with Crippen LogP contribution >= 0.6 is 11.8 Å². The number of rotatable bonds is 12. The van der Waals surface area contributed by atoms with Gasteiger partial charge in [-0.3, -0.25) is 4.79 Å². The van der Waals surface area contributed by atoms with Gasteiger partial charge in [-0.1, -0.05) is 78.9 Å². The van der Waals surface area contributed by atoms with Gasteiger partial charge in [-0.25, -0.2) is 4.79 Å². The Morgan fingerprint density at radius 2 is 1.51 bits per heavy atom. The second kappa shape index (κ2) is 15.9. The molecule has 1 heterocycles. The molecule has 0 saturated carbocycles. The van der Waals surface area contributed by atoms with Crippen molar-refractivity contribution in [2.75, 3.05) is 24.2 Å². The maximum Gasteiger partial charge on any atom is 0.405 e. The molecule has 230 valence electrons. The van der Waals surface area contributed by atoms with E-state index in [1.165, 1.54) is 0 Å². The quantitative estimate of drug-likeness (QED) is 0.142. The fourth-order valence-corrected chi connectivity index (χ4v) is 6.48. The smallest absolute Gasteiger partial charge is 0.405 e. The number of anilines is 1. The maximum atomic E-state index is 13.9. The Morgan fingerprint density at radius 3 is 2.16 bits per heavy atom. The van der Waals surface area contributed by atoms with E-state index in [1.807, 2.05) is 109 Å². The van der Waals surface area contributed by atoms with Gasteiger partial charge >= 0.3 is 6.09 Å². The summed E-state index contributed by atoms with van der Waals surface area (Å²) in [4.78, 5) is 26.9. The Labute approximate surface area is 267 Å². The number of nitrogens with zero attached hydrogens (tertiary/aromatic N) is 1. The monoisotopic (exact) mass is 620 g/mol. The molecule has 1 unspecified atom stereocenters. The average molecular weight is 621 g/mol. The van der Waals surface area contributed by atoms with Crippen molar-refractivity contribution in [1.82, 2.24) is 10.6 Å². The summed E-state index contributed by atoms with van der Waals surface area (Å²) in [5, 5.41) is 27.8. The minimum atomic E-state index is -1.27. The van der Waals surface area contributed by atoms with Gasteiger partial charge in [-0.15, -0.1) is 11.8 Å². The van der Waals surface area contributed by atoms with Crippen LogP contribution in [0.3, 0.4) is 0 Å². The third-order valence-corrected chi connectivity index (χ3v) is 8.92. The molecule has 0 aliphatic carbocycles. The number of thioether (sulfide) groups is 1. The van der Waals surface area contributed by atoms with Crippen LogP contribution in [-0.2, 0) is 16.0 Å². The van der Waals surface area contributed by atoms with E-state index in [0.717, 1.165) is 46.8 Å². The van der Waals surface area contributed by atoms with Gasteiger partial charge in [0.1, 0.15) is 6.04 Å². The zero-order valence-corrected chi connectivity index (χ0v) is 25.6. The predicted molar refractivity (Wildman–Crippen MR) is 176 cm³/mol.